The first kappa shape index (κ1) is 49.8. The number of halogens is 7. The quantitative estimate of drug-likeness (QED) is 0.0775. The van der Waals surface area contributed by atoms with E-state index in [0.29, 0.717) is 17.1 Å². The van der Waals surface area contributed by atoms with Crippen LogP contribution in [0.2, 0.25) is 0 Å². The van der Waals surface area contributed by atoms with Crippen molar-refractivity contribution in [1.29, 1.82) is 0 Å². The number of ether oxygens (including phenoxy) is 2. The summed E-state index contributed by atoms with van der Waals surface area (Å²) in [5.41, 5.74) is -0.193. The first-order valence-corrected chi connectivity index (χ1v) is 18.4. The van der Waals surface area contributed by atoms with Gasteiger partial charge in [-0.1, -0.05) is 44.0 Å². The van der Waals surface area contributed by atoms with Crippen LogP contribution >= 0.6 is 31.9 Å². The van der Waals surface area contributed by atoms with E-state index < -0.39 is 34.8 Å². The van der Waals surface area contributed by atoms with Crippen LogP contribution in [0.25, 0.3) is 34.2 Å². The molecule has 0 atom stereocenters. The minimum absolute atomic E-state index is 0. The number of benzene rings is 4. The van der Waals surface area contributed by atoms with Crippen LogP contribution in [0, 0.1) is 30.7 Å². The van der Waals surface area contributed by atoms with Gasteiger partial charge in [-0.05, 0) is 106 Å². The Morgan fingerprint density at radius 2 is 1.16 bits per heavy atom. The van der Waals surface area contributed by atoms with Gasteiger partial charge in [-0.3, -0.25) is 9.13 Å². The molecule has 2 aromatic heterocycles. The van der Waals surface area contributed by atoms with Crippen molar-refractivity contribution in [2.45, 2.75) is 39.2 Å². The number of nitrogens with zero attached hydrogens (tertiary/aromatic N) is 4. The van der Waals surface area contributed by atoms with E-state index in [-0.39, 0.29) is 82.5 Å². The number of hydrogen-bond donors (Lipinski definition) is 1. The summed E-state index contributed by atoms with van der Waals surface area (Å²) in [4.78, 5) is 20.4. The van der Waals surface area contributed by atoms with Crippen LogP contribution < -0.4 is 17.0 Å². The summed E-state index contributed by atoms with van der Waals surface area (Å²) in [5, 5.41) is 10.2. The molecule has 3 heterocycles. The van der Waals surface area contributed by atoms with Crippen LogP contribution in [0.4, 0.5) is 17.6 Å². The average molecular weight is 992 g/mol. The average Bonchev–Trinajstić information content (AvgIpc) is 3.93. The second-order valence-electron chi connectivity index (χ2n) is 12.4. The topological polar surface area (TPSA) is 91.4 Å². The summed E-state index contributed by atoms with van der Waals surface area (Å²) in [6.07, 6.45) is 5.55. The van der Waals surface area contributed by atoms with Gasteiger partial charge < -0.3 is 39.0 Å². The van der Waals surface area contributed by atoms with Gasteiger partial charge in [0.25, 0.3) is 0 Å². The maximum Gasteiger partial charge on any atom is 2.00 e. The predicted molar refractivity (Wildman–Crippen MR) is 217 cm³/mol. The zero-order chi connectivity index (χ0) is 39.0. The van der Waals surface area contributed by atoms with Gasteiger partial charge >= 0.3 is 29.0 Å². The summed E-state index contributed by atoms with van der Waals surface area (Å²) in [6.45, 7) is 6.99. The number of rotatable bonds is 7. The zero-order valence-corrected chi connectivity index (χ0v) is 37.8. The molecule has 298 valence electrons. The van der Waals surface area contributed by atoms with E-state index in [1.807, 2.05) is 12.1 Å². The van der Waals surface area contributed by atoms with Gasteiger partial charge in [0.2, 0.25) is 0 Å². The Labute approximate surface area is 372 Å². The Balaban J connectivity index is 0.000000334. The first-order chi connectivity index (χ1) is 25.8. The van der Waals surface area contributed by atoms with E-state index in [0.717, 1.165) is 34.3 Å². The van der Waals surface area contributed by atoms with Crippen LogP contribution in [-0.2, 0) is 15.1 Å². The summed E-state index contributed by atoms with van der Waals surface area (Å²) >= 11 is 6.69. The molecule has 4 aromatic carbocycles. The molecule has 6 aromatic rings. The van der Waals surface area contributed by atoms with E-state index in [9.17, 15) is 27.5 Å². The standard InChI is InChI=1S/C18H13BrF2N2O2.C18H15BrF2N2O.C4H8O.CH3.BrH.Mg/c1-2-25-18(24)15-10-23(12-8-6-11(19)7-9-12)17(22-15)16-13(20)4-3-5-14(16)21;1-18(2,24)15-10-23(12-8-6-11(19)7-9-12)17(22-15)16-13(20)4-3-5-14(16)21;1-2-4-5-3-1;;;/h3-10H,2H2,1H3;3-10,24H,1-2H3;1-4H2;1H3;1H;/q;;;-1;;+2/p-1. The Kier molecular flexibility index (Phi) is 19.8. The summed E-state index contributed by atoms with van der Waals surface area (Å²) in [5.74, 6) is -3.51. The molecule has 0 saturated carbocycles. The second-order valence-corrected chi connectivity index (χ2v) is 14.2. The number of imidazole rings is 2. The molecule has 8 nitrogen and oxygen atoms in total. The molecular formula is C41H39Br3F4MgN4O4. The van der Waals surface area contributed by atoms with Crippen molar-refractivity contribution in [3.05, 3.63) is 148 Å². The minimum atomic E-state index is -1.24. The van der Waals surface area contributed by atoms with Crippen molar-refractivity contribution >= 4 is 60.9 Å². The molecule has 57 heavy (non-hydrogen) atoms. The normalized spacial score (nSPS) is 11.8. The van der Waals surface area contributed by atoms with E-state index in [1.165, 1.54) is 47.9 Å². The van der Waals surface area contributed by atoms with Gasteiger partial charge in [-0.2, -0.15) is 0 Å². The van der Waals surface area contributed by atoms with Gasteiger partial charge in [0.1, 0.15) is 28.9 Å². The van der Waals surface area contributed by atoms with Gasteiger partial charge in [0, 0.05) is 45.9 Å². The molecule has 1 saturated heterocycles. The molecule has 1 aliphatic heterocycles. The SMILES string of the molecule is C1CCOC1.CC(C)(O)c1cn(-c2ccc(Br)cc2)c(-c2c(F)cccc2F)n1.CCOC(=O)c1cn(-c2ccc(Br)cc2)c(-c2c(F)cccc2F)n1.[Br-].[CH3-].[Mg+2]. The monoisotopic (exact) mass is 988 g/mol. The summed E-state index contributed by atoms with van der Waals surface area (Å²) in [6, 6.07) is 21.5. The van der Waals surface area contributed by atoms with E-state index >= 15 is 0 Å². The van der Waals surface area contributed by atoms with Crippen molar-refractivity contribution < 1.29 is 53.9 Å². The number of hydrogen-bond acceptors (Lipinski definition) is 6. The number of aromatic nitrogens is 4. The van der Waals surface area contributed by atoms with Crippen LogP contribution in [0.1, 0.15) is 49.8 Å². The van der Waals surface area contributed by atoms with Gasteiger partial charge in [-0.25, -0.2) is 32.3 Å². The molecule has 0 amide bonds. The minimum Gasteiger partial charge on any atom is -1.00 e. The zero-order valence-electron chi connectivity index (χ0n) is 31.6. The van der Waals surface area contributed by atoms with Crippen molar-refractivity contribution in [2.24, 2.45) is 0 Å². The first-order valence-electron chi connectivity index (χ1n) is 16.9. The van der Waals surface area contributed by atoms with Crippen LogP contribution in [0.3, 0.4) is 0 Å². The van der Waals surface area contributed by atoms with Gasteiger partial charge in [0.15, 0.2) is 17.3 Å². The Bertz CT molecular complexity index is 2160. The molecule has 0 bridgehead atoms. The summed E-state index contributed by atoms with van der Waals surface area (Å²) in [7, 11) is 0. The molecule has 0 spiro atoms. The maximum absolute atomic E-state index is 14.2. The molecule has 7 rings (SSSR count). The van der Waals surface area contributed by atoms with Crippen molar-refractivity contribution in [3.8, 4) is 34.2 Å². The van der Waals surface area contributed by atoms with Crippen LogP contribution in [0.15, 0.2) is 106 Å². The summed E-state index contributed by atoms with van der Waals surface area (Å²) < 4.78 is 71.6. The fraction of sp³-hybridized carbons (Fsp3) is 0.220. The largest absolute Gasteiger partial charge is 2.00 e. The number of aliphatic hydroxyl groups is 1. The van der Waals surface area contributed by atoms with E-state index in [1.54, 1.807) is 67.9 Å². The second kappa shape index (κ2) is 22.7. The molecule has 0 unspecified atom stereocenters. The van der Waals surface area contributed by atoms with Gasteiger partial charge in [-0.15, -0.1) is 0 Å². The number of carbonyl (C=O) groups excluding carboxylic acids is 1. The predicted octanol–water partition coefficient (Wildman–Crippen LogP) is 7.43. The third-order valence-electron chi connectivity index (χ3n) is 7.93. The Morgan fingerprint density at radius 3 is 1.53 bits per heavy atom. The van der Waals surface area contributed by atoms with Crippen LogP contribution in [-0.4, -0.2) is 73.1 Å². The number of esters is 1. The molecular weight excluding hydrogens is 952 g/mol. The van der Waals surface area contributed by atoms with E-state index in [2.05, 4.69) is 41.8 Å². The molecule has 1 N–H and O–H groups in total. The maximum atomic E-state index is 14.2. The fourth-order valence-corrected chi connectivity index (χ4v) is 5.77. The molecule has 16 heteroatoms. The third-order valence-corrected chi connectivity index (χ3v) is 8.99. The van der Waals surface area contributed by atoms with Crippen LogP contribution in [0.5, 0.6) is 0 Å². The Morgan fingerprint density at radius 1 is 0.754 bits per heavy atom. The third kappa shape index (κ3) is 12.8. The van der Waals surface area contributed by atoms with Crippen molar-refractivity contribution in [3.63, 3.8) is 0 Å². The van der Waals surface area contributed by atoms with Crippen molar-refractivity contribution in [2.75, 3.05) is 19.8 Å². The molecule has 1 fully saturated rings. The Hall–Kier alpha value is -3.38. The molecule has 1 aliphatic rings. The fourth-order valence-electron chi connectivity index (χ4n) is 5.24. The van der Waals surface area contributed by atoms with E-state index in [4.69, 9.17) is 9.47 Å². The number of carbonyl (C=O) groups is 1. The molecule has 0 aliphatic carbocycles. The molecule has 0 radical (unpaired) electrons. The smallest absolute Gasteiger partial charge is 1.00 e. The van der Waals surface area contributed by atoms with Crippen molar-refractivity contribution in [1.82, 2.24) is 19.1 Å². The van der Waals surface area contributed by atoms with Gasteiger partial charge in [0.05, 0.1) is 23.4 Å².